The Kier molecular flexibility index (Phi) is 7.04. The lowest BCUT2D eigenvalue weighted by Crippen LogP contribution is -2.64. The molecule has 3 aliphatic rings. The smallest absolute Gasteiger partial charge is 0.281 e. The fraction of sp³-hybridized carbons (Fsp3) is 0.393. The highest BCUT2D eigenvalue weighted by Crippen LogP contribution is 2.49. The fourth-order valence-corrected chi connectivity index (χ4v) is 6.36. The first kappa shape index (κ1) is 27.4. The van der Waals surface area contributed by atoms with Crippen molar-refractivity contribution in [3.63, 3.8) is 0 Å². The lowest BCUT2D eigenvalue weighted by Gasteiger charge is -2.47. The van der Waals surface area contributed by atoms with Gasteiger partial charge >= 0.3 is 0 Å². The average molecular weight is 589 g/mol. The van der Waals surface area contributed by atoms with E-state index in [1.807, 2.05) is 0 Å². The van der Waals surface area contributed by atoms with Gasteiger partial charge in [-0.25, -0.2) is 23.1 Å². The summed E-state index contributed by atoms with van der Waals surface area (Å²) in [6.07, 6.45) is 3.29. The molecule has 3 aromatic rings. The number of nitrogens with zero attached hydrogens (tertiary/aromatic N) is 5. The van der Waals surface area contributed by atoms with Crippen LogP contribution < -0.4 is 15.1 Å². The lowest BCUT2D eigenvalue weighted by atomic mass is 9.74. The van der Waals surface area contributed by atoms with Gasteiger partial charge in [0.1, 0.15) is 16.9 Å². The molecule has 1 aromatic carbocycles. The van der Waals surface area contributed by atoms with E-state index in [2.05, 4.69) is 20.3 Å². The number of aromatic nitrogens is 3. The van der Waals surface area contributed by atoms with E-state index < -0.39 is 35.2 Å². The highest BCUT2D eigenvalue weighted by Gasteiger charge is 2.59. The molecule has 2 amide bonds. The van der Waals surface area contributed by atoms with Gasteiger partial charge in [0.15, 0.2) is 5.82 Å². The second kappa shape index (κ2) is 10.6. The topological polar surface area (TPSA) is 91.3 Å². The molecular weight excluding hydrogens is 564 g/mol. The molecule has 0 bridgehead atoms. The maximum atomic E-state index is 14.3. The normalized spacial score (nSPS) is 21.3. The van der Waals surface area contributed by atoms with E-state index in [1.165, 1.54) is 30.6 Å². The molecule has 2 aromatic heterocycles. The van der Waals surface area contributed by atoms with Gasteiger partial charge in [-0.15, -0.1) is 0 Å². The Morgan fingerprint density at radius 3 is 2.51 bits per heavy atom. The van der Waals surface area contributed by atoms with Crippen molar-refractivity contribution >= 4 is 34.9 Å². The molecule has 2 aliphatic heterocycles. The van der Waals surface area contributed by atoms with Crippen molar-refractivity contribution in [2.24, 2.45) is 5.92 Å². The molecule has 0 unspecified atom stereocenters. The Morgan fingerprint density at radius 1 is 1.07 bits per heavy atom. The summed E-state index contributed by atoms with van der Waals surface area (Å²) in [5, 5.41) is 2.90. The van der Waals surface area contributed by atoms with Crippen LogP contribution in [0.4, 0.5) is 29.1 Å². The van der Waals surface area contributed by atoms with Crippen molar-refractivity contribution in [2.45, 2.75) is 43.6 Å². The maximum Gasteiger partial charge on any atom is 0.281 e. The van der Waals surface area contributed by atoms with Crippen LogP contribution in [0.1, 0.15) is 53.7 Å². The SMILES string of the molecule is O=C(N[C@H]1CC[C@H](CN2C(=O)C3(CN(c4nccnc4F)C3)c3ccc(F)cc32)CC1)c1cc(Cl)cnc1C(F)F. The number of rotatable bonds is 6. The summed E-state index contributed by atoms with van der Waals surface area (Å²) in [7, 11) is 0. The lowest BCUT2D eigenvalue weighted by molar-refractivity contribution is -0.124. The molecule has 1 N–H and O–H groups in total. The number of hydrogen-bond donors (Lipinski definition) is 1. The van der Waals surface area contributed by atoms with Gasteiger partial charge in [0.25, 0.3) is 18.3 Å². The number of nitrogens with one attached hydrogen (secondary N) is 1. The number of hydrogen-bond acceptors (Lipinski definition) is 6. The van der Waals surface area contributed by atoms with Crippen LogP contribution >= 0.6 is 11.6 Å². The summed E-state index contributed by atoms with van der Waals surface area (Å²) >= 11 is 5.88. The number of anilines is 2. The largest absolute Gasteiger partial charge is 0.350 e. The summed E-state index contributed by atoms with van der Waals surface area (Å²) in [5.41, 5.74) is -0.583. The van der Waals surface area contributed by atoms with Crippen molar-refractivity contribution in [1.82, 2.24) is 20.3 Å². The van der Waals surface area contributed by atoms with Crippen LogP contribution in [0.15, 0.2) is 42.9 Å². The molecule has 0 radical (unpaired) electrons. The minimum Gasteiger partial charge on any atom is -0.350 e. The second-order valence-corrected chi connectivity index (χ2v) is 11.2. The van der Waals surface area contributed by atoms with Gasteiger partial charge in [0, 0.05) is 44.3 Å². The standard InChI is InChI=1S/C28H25ClF4N6O2/c29-16-9-19(22(23(31)32)36-11-16)26(40)37-18-4-1-15(2-5-18)12-39-21-10-17(30)3-6-20(21)28(27(39)41)13-38(14-28)25-24(33)34-7-8-35-25/h3,6-11,15,18,23H,1-2,4-5,12-14H2,(H,37,40)/t15-,18-. The Hall–Kier alpha value is -3.80. The Labute approximate surface area is 237 Å². The van der Waals surface area contributed by atoms with Gasteiger partial charge in [0.2, 0.25) is 5.91 Å². The third-order valence-electron chi connectivity index (χ3n) is 8.24. The Bertz CT molecular complexity index is 1510. The number of alkyl halides is 2. The van der Waals surface area contributed by atoms with Gasteiger partial charge in [-0.05, 0) is 55.4 Å². The zero-order valence-corrected chi connectivity index (χ0v) is 22.4. The monoisotopic (exact) mass is 588 g/mol. The predicted molar refractivity (Wildman–Crippen MR) is 142 cm³/mol. The zero-order chi connectivity index (χ0) is 28.9. The number of pyridine rings is 1. The van der Waals surface area contributed by atoms with E-state index >= 15 is 0 Å². The first-order valence-electron chi connectivity index (χ1n) is 13.2. The van der Waals surface area contributed by atoms with E-state index in [-0.39, 0.29) is 47.4 Å². The van der Waals surface area contributed by atoms with Crippen molar-refractivity contribution in [3.05, 3.63) is 76.5 Å². The van der Waals surface area contributed by atoms with Crippen LogP contribution in [0, 0.1) is 17.7 Å². The molecule has 0 atom stereocenters. The minimum absolute atomic E-state index is 0.0719. The van der Waals surface area contributed by atoms with E-state index in [0.29, 0.717) is 43.5 Å². The molecule has 1 saturated heterocycles. The molecule has 6 rings (SSSR count). The number of amides is 2. The highest BCUT2D eigenvalue weighted by molar-refractivity contribution is 6.30. The number of carbonyl (C=O) groups is 2. The number of benzene rings is 1. The van der Waals surface area contributed by atoms with Crippen LogP contribution in [0.3, 0.4) is 0 Å². The molecule has 2 fully saturated rings. The fourth-order valence-electron chi connectivity index (χ4n) is 6.20. The van der Waals surface area contributed by atoms with Crippen LogP contribution in [0.2, 0.25) is 5.02 Å². The van der Waals surface area contributed by atoms with Crippen LogP contribution in [-0.2, 0) is 10.2 Å². The quantitative estimate of drug-likeness (QED) is 0.415. The highest BCUT2D eigenvalue weighted by atomic mass is 35.5. The average Bonchev–Trinajstić information content (AvgIpc) is 3.16. The summed E-state index contributed by atoms with van der Waals surface area (Å²) < 4.78 is 55.2. The van der Waals surface area contributed by atoms with E-state index in [0.717, 1.165) is 6.20 Å². The maximum absolute atomic E-state index is 14.3. The first-order valence-corrected chi connectivity index (χ1v) is 13.6. The van der Waals surface area contributed by atoms with Crippen molar-refractivity contribution in [1.29, 1.82) is 0 Å². The van der Waals surface area contributed by atoms with Gasteiger partial charge in [-0.2, -0.15) is 4.39 Å². The van der Waals surface area contributed by atoms with E-state index in [4.69, 9.17) is 11.6 Å². The van der Waals surface area contributed by atoms with Gasteiger partial charge in [0.05, 0.1) is 16.3 Å². The second-order valence-electron chi connectivity index (χ2n) is 10.8. The number of halogens is 5. The predicted octanol–water partition coefficient (Wildman–Crippen LogP) is 4.83. The number of fused-ring (bicyclic) bond motifs is 2. The van der Waals surface area contributed by atoms with Crippen molar-refractivity contribution in [3.8, 4) is 0 Å². The summed E-state index contributed by atoms with van der Waals surface area (Å²) in [5.74, 6) is -1.85. The third-order valence-corrected chi connectivity index (χ3v) is 8.44. The Morgan fingerprint density at radius 2 is 1.80 bits per heavy atom. The molecule has 1 saturated carbocycles. The molecule has 214 valence electrons. The zero-order valence-electron chi connectivity index (χ0n) is 21.7. The van der Waals surface area contributed by atoms with Crippen LogP contribution in [-0.4, -0.2) is 52.4 Å². The Balaban J connectivity index is 1.12. The summed E-state index contributed by atoms with van der Waals surface area (Å²) in [6.45, 7) is 0.771. The minimum atomic E-state index is -2.92. The third kappa shape index (κ3) is 4.87. The van der Waals surface area contributed by atoms with Gasteiger partial charge in [-0.3, -0.25) is 14.6 Å². The van der Waals surface area contributed by atoms with Crippen LogP contribution in [0.5, 0.6) is 0 Å². The van der Waals surface area contributed by atoms with Crippen molar-refractivity contribution < 1.29 is 27.2 Å². The van der Waals surface area contributed by atoms with Crippen molar-refractivity contribution in [2.75, 3.05) is 29.4 Å². The molecular formula is C28H25ClF4N6O2. The van der Waals surface area contributed by atoms with Gasteiger partial charge < -0.3 is 15.1 Å². The summed E-state index contributed by atoms with van der Waals surface area (Å²) in [4.78, 5) is 41.1. The van der Waals surface area contributed by atoms with E-state index in [1.54, 1.807) is 15.9 Å². The van der Waals surface area contributed by atoms with Gasteiger partial charge in [-0.1, -0.05) is 17.7 Å². The number of carbonyl (C=O) groups excluding carboxylic acids is 2. The molecule has 41 heavy (non-hydrogen) atoms. The summed E-state index contributed by atoms with van der Waals surface area (Å²) in [6, 6.07) is 5.25. The molecule has 1 spiro atoms. The first-order chi connectivity index (χ1) is 19.7. The molecule has 13 heteroatoms. The van der Waals surface area contributed by atoms with E-state index in [9.17, 15) is 27.2 Å². The van der Waals surface area contributed by atoms with Crippen LogP contribution in [0.25, 0.3) is 0 Å². The molecule has 8 nitrogen and oxygen atoms in total. The molecule has 1 aliphatic carbocycles. The molecule has 4 heterocycles.